The number of benzene rings is 1. The van der Waals surface area contributed by atoms with Gasteiger partial charge in [-0.3, -0.25) is 9.59 Å². The molecule has 0 spiro atoms. The van der Waals surface area contributed by atoms with Crippen LogP contribution in [0.4, 0.5) is 4.39 Å². The number of hydrogen-bond acceptors (Lipinski definition) is 3. The van der Waals surface area contributed by atoms with E-state index in [9.17, 15) is 14.0 Å². The zero-order valence-corrected chi connectivity index (χ0v) is 12.6. The van der Waals surface area contributed by atoms with Crippen molar-refractivity contribution in [2.45, 2.75) is 13.5 Å². The van der Waals surface area contributed by atoms with E-state index >= 15 is 0 Å². The molecule has 0 bridgehead atoms. The molecule has 1 aromatic carbocycles. The Bertz CT molecular complexity index is 795. The van der Waals surface area contributed by atoms with Crippen molar-refractivity contribution in [3.63, 3.8) is 0 Å². The summed E-state index contributed by atoms with van der Waals surface area (Å²) >= 11 is 5.96. The van der Waals surface area contributed by atoms with Crippen LogP contribution in [0.15, 0.2) is 41.2 Å². The van der Waals surface area contributed by atoms with Crippen molar-refractivity contribution in [2.24, 2.45) is 5.73 Å². The summed E-state index contributed by atoms with van der Waals surface area (Å²) in [7, 11) is 0. The first-order chi connectivity index (χ1) is 10.5. The molecule has 114 valence electrons. The second-order valence-corrected chi connectivity index (χ2v) is 4.98. The van der Waals surface area contributed by atoms with Gasteiger partial charge in [0.05, 0.1) is 5.69 Å². The average Bonchev–Trinajstić information content (AvgIpc) is 2.50. The maximum Gasteiger partial charge on any atom is 0.269 e. The van der Waals surface area contributed by atoms with Gasteiger partial charge >= 0.3 is 0 Å². The Morgan fingerprint density at radius 2 is 2.00 bits per heavy atom. The van der Waals surface area contributed by atoms with E-state index < -0.39 is 0 Å². The molecule has 0 aliphatic carbocycles. The molecule has 0 fully saturated rings. The molecule has 0 amide bonds. The number of halogens is 2. The Morgan fingerprint density at radius 1 is 1.36 bits per heavy atom. The van der Waals surface area contributed by atoms with Gasteiger partial charge in [-0.1, -0.05) is 11.6 Å². The van der Waals surface area contributed by atoms with Crippen LogP contribution in [0.2, 0.25) is 5.02 Å². The molecule has 22 heavy (non-hydrogen) atoms. The summed E-state index contributed by atoms with van der Waals surface area (Å²) in [6.07, 6.45) is 1.74. The molecule has 0 atom stereocenters. The number of pyridine rings is 1. The number of carbonyl (C=O) groups excluding carboxylic acids is 1. The van der Waals surface area contributed by atoms with E-state index in [1.165, 1.54) is 28.8 Å². The summed E-state index contributed by atoms with van der Waals surface area (Å²) in [6.45, 7) is 2.14. The van der Waals surface area contributed by atoms with E-state index in [0.29, 0.717) is 29.7 Å². The normalized spacial score (nSPS) is 11.5. The number of allylic oxidation sites excluding steroid dienone is 1. The predicted molar refractivity (Wildman–Crippen MR) is 85.0 cm³/mol. The molecule has 0 aliphatic heterocycles. The number of nitrogens with two attached hydrogens (primary N) is 1. The van der Waals surface area contributed by atoms with Gasteiger partial charge < -0.3 is 10.3 Å². The molecule has 0 saturated heterocycles. The van der Waals surface area contributed by atoms with Crippen molar-refractivity contribution in [3.8, 4) is 11.3 Å². The zero-order valence-electron chi connectivity index (χ0n) is 11.8. The minimum Gasteiger partial charge on any atom is -0.398 e. The maximum absolute atomic E-state index is 13.1. The lowest BCUT2D eigenvalue weighted by molar-refractivity contribution is -0.104. The maximum atomic E-state index is 13.1. The standard InChI is InChI=1S/C16H14ClFN2O2/c1-2-20-15(10-3-5-11(18)6-4-10)12(14(19)7-8-21)9-13(17)16(20)22/h3-9H,2,19H2,1H3. The monoisotopic (exact) mass is 320 g/mol. The van der Waals surface area contributed by atoms with Crippen LogP contribution in [-0.4, -0.2) is 10.9 Å². The van der Waals surface area contributed by atoms with E-state index in [4.69, 9.17) is 17.3 Å². The zero-order chi connectivity index (χ0) is 16.3. The van der Waals surface area contributed by atoms with Gasteiger partial charge in [-0.25, -0.2) is 4.39 Å². The van der Waals surface area contributed by atoms with Crippen LogP contribution in [0.5, 0.6) is 0 Å². The van der Waals surface area contributed by atoms with Crippen molar-refractivity contribution in [3.05, 3.63) is 63.2 Å². The number of aromatic nitrogens is 1. The molecular formula is C16H14ClFN2O2. The number of aldehydes is 1. The molecule has 0 radical (unpaired) electrons. The molecular weight excluding hydrogens is 307 g/mol. The lowest BCUT2D eigenvalue weighted by Crippen LogP contribution is -2.23. The summed E-state index contributed by atoms with van der Waals surface area (Å²) < 4.78 is 14.6. The van der Waals surface area contributed by atoms with Crippen LogP contribution in [0, 0.1) is 5.82 Å². The van der Waals surface area contributed by atoms with Gasteiger partial charge in [-0.15, -0.1) is 0 Å². The summed E-state index contributed by atoms with van der Waals surface area (Å²) in [5.41, 5.74) is 7.26. The lowest BCUT2D eigenvalue weighted by atomic mass is 10.0. The third-order valence-corrected chi connectivity index (χ3v) is 3.51. The molecule has 1 aromatic heterocycles. The summed E-state index contributed by atoms with van der Waals surface area (Å²) in [5.74, 6) is -0.388. The van der Waals surface area contributed by atoms with Gasteiger partial charge in [-0.2, -0.15) is 0 Å². The van der Waals surface area contributed by atoms with Crippen molar-refractivity contribution < 1.29 is 9.18 Å². The number of hydrogen-bond donors (Lipinski definition) is 1. The Balaban J connectivity index is 2.86. The fraction of sp³-hybridized carbons (Fsp3) is 0.125. The van der Waals surface area contributed by atoms with Crippen molar-refractivity contribution in [1.82, 2.24) is 4.57 Å². The highest BCUT2D eigenvalue weighted by atomic mass is 35.5. The molecule has 0 aliphatic rings. The summed E-state index contributed by atoms with van der Waals surface area (Å²) in [4.78, 5) is 22.9. The number of carbonyl (C=O) groups is 1. The third-order valence-electron chi connectivity index (χ3n) is 3.24. The highest BCUT2D eigenvalue weighted by Crippen LogP contribution is 2.28. The van der Waals surface area contributed by atoms with Crippen LogP contribution in [0.3, 0.4) is 0 Å². The third kappa shape index (κ3) is 2.94. The molecule has 2 aromatic rings. The van der Waals surface area contributed by atoms with Gasteiger partial charge in [0.15, 0.2) is 0 Å². The van der Waals surface area contributed by atoms with E-state index in [2.05, 4.69) is 0 Å². The molecule has 0 unspecified atom stereocenters. The van der Waals surface area contributed by atoms with E-state index in [0.717, 1.165) is 0 Å². The molecule has 2 rings (SSSR count). The van der Waals surface area contributed by atoms with Crippen LogP contribution in [0.25, 0.3) is 17.0 Å². The van der Waals surface area contributed by atoms with Crippen molar-refractivity contribution >= 4 is 23.6 Å². The van der Waals surface area contributed by atoms with E-state index in [1.54, 1.807) is 19.1 Å². The topological polar surface area (TPSA) is 65.1 Å². The SMILES string of the molecule is CCn1c(-c2ccc(F)cc2)c(C(N)=CC=O)cc(Cl)c1=O. The Morgan fingerprint density at radius 3 is 2.55 bits per heavy atom. The molecule has 4 nitrogen and oxygen atoms in total. The first kappa shape index (κ1) is 16.0. The van der Waals surface area contributed by atoms with Gasteiger partial charge in [0.2, 0.25) is 0 Å². The predicted octanol–water partition coefficient (Wildman–Crippen LogP) is 2.83. The second kappa shape index (κ2) is 6.58. The highest BCUT2D eigenvalue weighted by Gasteiger charge is 2.16. The Labute approximate surface area is 131 Å². The highest BCUT2D eigenvalue weighted by molar-refractivity contribution is 6.30. The molecule has 1 heterocycles. The van der Waals surface area contributed by atoms with E-state index in [1.807, 2.05) is 0 Å². The minimum absolute atomic E-state index is 0.00459. The van der Waals surface area contributed by atoms with Crippen LogP contribution < -0.4 is 11.3 Å². The fourth-order valence-corrected chi connectivity index (χ4v) is 2.45. The van der Waals surface area contributed by atoms with Gasteiger partial charge in [0, 0.05) is 23.9 Å². The van der Waals surface area contributed by atoms with Crippen LogP contribution in [0.1, 0.15) is 12.5 Å². The van der Waals surface area contributed by atoms with Crippen molar-refractivity contribution in [1.29, 1.82) is 0 Å². The number of rotatable bonds is 4. The summed E-state index contributed by atoms with van der Waals surface area (Å²) in [5, 5.41) is 0.00459. The smallest absolute Gasteiger partial charge is 0.269 e. The van der Waals surface area contributed by atoms with Gasteiger partial charge in [0.25, 0.3) is 5.56 Å². The Hall–Kier alpha value is -2.40. The first-order valence-electron chi connectivity index (χ1n) is 6.60. The van der Waals surface area contributed by atoms with E-state index in [-0.39, 0.29) is 22.1 Å². The molecule has 6 heteroatoms. The fourth-order valence-electron chi connectivity index (χ4n) is 2.24. The van der Waals surface area contributed by atoms with Crippen molar-refractivity contribution in [2.75, 3.05) is 0 Å². The average molecular weight is 321 g/mol. The van der Waals surface area contributed by atoms with Gasteiger partial charge in [0.1, 0.15) is 17.1 Å². The number of nitrogens with zero attached hydrogens (tertiary/aromatic N) is 1. The quantitative estimate of drug-likeness (QED) is 0.696. The lowest BCUT2D eigenvalue weighted by Gasteiger charge is -2.17. The largest absolute Gasteiger partial charge is 0.398 e. The minimum atomic E-state index is -0.388. The second-order valence-electron chi connectivity index (χ2n) is 4.57. The molecule has 0 saturated carbocycles. The Kier molecular flexibility index (Phi) is 4.78. The first-order valence-corrected chi connectivity index (χ1v) is 6.98. The summed E-state index contributed by atoms with van der Waals surface area (Å²) in [6, 6.07) is 7.09. The van der Waals surface area contributed by atoms with Crippen LogP contribution >= 0.6 is 11.6 Å². The van der Waals surface area contributed by atoms with Crippen LogP contribution in [-0.2, 0) is 11.3 Å². The molecule has 2 N–H and O–H groups in total. The van der Waals surface area contributed by atoms with Gasteiger partial charge in [-0.05, 0) is 42.8 Å².